The molecule has 2 N–H and O–H groups in total. The van der Waals surface area contributed by atoms with E-state index in [0.29, 0.717) is 5.92 Å². The van der Waals surface area contributed by atoms with E-state index in [4.69, 9.17) is 4.98 Å². The van der Waals surface area contributed by atoms with Gasteiger partial charge in [0, 0.05) is 51.4 Å². The molecule has 1 fully saturated rings. The molecule has 6 heterocycles. The number of H-pyrrole nitrogens is 2. The number of fused-ring (bicyclic) bond motifs is 2. The summed E-state index contributed by atoms with van der Waals surface area (Å²) in [6, 6.07) is 13.1. The highest BCUT2D eigenvalue weighted by molar-refractivity contribution is 7.15. The summed E-state index contributed by atoms with van der Waals surface area (Å²) in [5.41, 5.74) is 8.17. The Morgan fingerprint density at radius 2 is 1.80 bits per heavy atom. The zero-order valence-electron chi connectivity index (χ0n) is 22.9. The number of thiophene rings is 1. The zero-order valence-corrected chi connectivity index (χ0v) is 23.8. The minimum Gasteiger partial charge on any atom is -0.335 e. The molecule has 1 aromatic carbocycles. The predicted molar refractivity (Wildman–Crippen MR) is 163 cm³/mol. The lowest BCUT2D eigenvalue weighted by Crippen LogP contribution is -2.29. The molecule has 6 aromatic rings. The van der Waals surface area contributed by atoms with Gasteiger partial charge in [-0.3, -0.25) is 20.0 Å². The number of aromatic amines is 2. The first-order valence-corrected chi connectivity index (χ1v) is 15.1. The highest BCUT2D eigenvalue weighted by Crippen LogP contribution is 2.37. The van der Waals surface area contributed by atoms with Crippen LogP contribution in [0.4, 0.5) is 0 Å². The minimum absolute atomic E-state index is 0.547. The predicted octanol–water partition coefficient (Wildman–Crippen LogP) is 7.79. The molecule has 0 spiro atoms. The average Bonchev–Trinajstić information content (AvgIpc) is 3.75. The van der Waals surface area contributed by atoms with E-state index in [9.17, 15) is 0 Å². The fraction of sp³-hybridized carbons (Fsp3) is 0.312. The molecule has 0 amide bonds. The summed E-state index contributed by atoms with van der Waals surface area (Å²) in [5, 5.41) is 8.90. The second-order valence-corrected chi connectivity index (χ2v) is 12.0. The SMILES string of the molecule is CCC(C)c1ccc(-c2cncc3[nH]c(-c4n[nH]c5ccc(-c6cncc(CN7CCCCC7)c6)cc45)nc23)s1. The van der Waals surface area contributed by atoms with Gasteiger partial charge in [0.25, 0.3) is 0 Å². The number of benzene rings is 1. The van der Waals surface area contributed by atoms with Crippen LogP contribution in [0.2, 0.25) is 0 Å². The Balaban J connectivity index is 1.23. The lowest BCUT2D eigenvalue weighted by molar-refractivity contribution is 0.220. The highest BCUT2D eigenvalue weighted by Gasteiger charge is 2.18. The standard InChI is InChI=1S/C32H33N7S/c1-3-20(2)28-9-10-29(40-28)25-17-34-18-27-30(25)36-32(35-27)31-24-14-22(7-8-26(24)37-38-31)23-13-21(15-33-16-23)19-39-11-5-4-6-12-39/h7-10,13-18,20H,3-6,11-12,19H2,1-2H3,(H,35,36)(H,37,38). The Bertz CT molecular complexity index is 1790. The Morgan fingerprint density at radius 3 is 2.67 bits per heavy atom. The lowest BCUT2D eigenvalue weighted by Gasteiger charge is -2.26. The molecule has 5 aromatic heterocycles. The molecule has 0 bridgehead atoms. The summed E-state index contributed by atoms with van der Waals surface area (Å²) in [7, 11) is 0. The van der Waals surface area contributed by atoms with Gasteiger partial charge in [-0.15, -0.1) is 11.3 Å². The number of nitrogens with one attached hydrogen (secondary N) is 2. The number of nitrogens with zero attached hydrogens (tertiary/aromatic N) is 5. The van der Waals surface area contributed by atoms with Gasteiger partial charge in [0.15, 0.2) is 5.82 Å². The molecule has 1 saturated heterocycles. The number of imidazole rings is 1. The summed E-state index contributed by atoms with van der Waals surface area (Å²) >= 11 is 1.83. The average molecular weight is 548 g/mol. The maximum Gasteiger partial charge on any atom is 0.159 e. The number of piperidine rings is 1. The van der Waals surface area contributed by atoms with Crippen molar-refractivity contribution in [3.05, 3.63) is 71.6 Å². The zero-order chi connectivity index (χ0) is 27.1. The lowest BCUT2D eigenvalue weighted by atomic mass is 10.0. The van der Waals surface area contributed by atoms with Crippen LogP contribution in [0.15, 0.2) is 61.2 Å². The van der Waals surface area contributed by atoms with E-state index < -0.39 is 0 Å². The van der Waals surface area contributed by atoms with E-state index in [-0.39, 0.29) is 0 Å². The molecule has 1 aliphatic heterocycles. The van der Waals surface area contributed by atoms with Gasteiger partial charge in [0.1, 0.15) is 11.2 Å². The topological polar surface area (TPSA) is 86.4 Å². The number of pyridine rings is 2. The van der Waals surface area contributed by atoms with Gasteiger partial charge >= 0.3 is 0 Å². The first-order chi connectivity index (χ1) is 19.7. The Labute approximate surface area is 237 Å². The number of hydrogen-bond acceptors (Lipinski definition) is 6. The molecule has 1 aliphatic rings. The maximum atomic E-state index is 5.05. The maximum absolute atomic E-state index is 5.05. The minimum atomic E-state index is 0.547. The van der Waals surface area contributed by atoms with Crippen LogP contribution in [0, 0.1) is 0 Å². The smallest absolute Gasteiger partial charge is 0.159 e. The number of aromatic nitrogens is 6. The fourth-order valence-electron chi connectivity index (χ4n) is 5.67. The Hall–Kier alpha value is -3.88. The Morgan fingerprint density at radius 1 is 0.925 bits per heavy atom. The number of likely N-dealkylation sites (tertiary alicyclic amines) is 1. The normalized spacial score (nSPS) is 15.2. The van der Waals surface area contributed by atoms with Crippen LogP contribution in [0.1, 0.15) is 55.9 Å². The summed E-state index contributed by atoms with van der Waals surface area (Å²) in [4.78, 5) is 22.8. The van der Waals surface area contributed by atoms with Crippen LogP contribution in [-0.2, 0) is 6.54 Å². The van der Waals surface area contributed by atoms with Gasteiger partial charge in [-0.05, 0) is 79.7 Å². The van der Waals surface area contributed by atoms with Crippen LogP contribution < -0.4 is 0 Å². The first-order valence-electron chi connectivity index (χ1n) is 14.2. The second-order valence-electron chi connectivity index (χ2n) is 10.9. The quantitative estimate of drug-likeness (QED) is 0.213. The highest BCUT2D eigenvalue weighted by atomic mass is 32.1. The molecular weight excluding hydrogens is 514 g/mol. The van der Waals surface area contributed by atoms with Gasteiger partial charge in [-0.2, -0.15) is 5.10 Å². The van der Waals surface area contributed by atoms with Crippen LogP contribution >= 0.6 is 11.3 Å². The van der Waals surface area contributed by atoms with Crippen LogP contribution in [-0.4, -0.2) is 48.1 Å². The van der Waals surface area contributed by atoms with E-state index >= 15 is 0 Å². The number of rotatable bonds is 7. The van der Waals surface area contributed by atoms with Crippen LogP contribution in [0.5, 0.6) is 0 Å². The van der Waals surface area contributed by atoms with E-state index in [1.165, 1.54) is 47.7 Å². The van der Waals surface area contributed by atoms with Crippen molar-refractivity contribution in [1.29, 1.82) is 0 Å². The van der Waals surface area contributed by atoms with Crippen molar-refractivity contribution in [2.75, 3.05) is 13.1 Å². The van der Waals surface area contributed by atoms with E-state index in [0.717, 1.165) is 63.1 Å². The third-order valence-corrected chi connectivity index (χ3v) is 9.50. The van der Waals surface area contributed by atoms with Crippen molar-refractivity contribution in [2.24, 2.45) is 0 Å². The van der Waals surface area contributed by atoms with E-state index in [2.05, 4.69) is 80.3 Å². The number of hydrogen-bond donors (Lipinski definition) is 2. The molecule has 202 valence electrons. The third-order valence-electron chi connectivity index (χ3n) is 8.15. The van der Waals surface area contributed by atoms with E-state index in [1.54, 1.807) is 0 Å². The molecule has 40 heavy (non-hydrogen) atoms. The third kappa shape index (κ3) is 4.71. The van der Waals surface area contributed by atoms with Crippen molar-refractivity contribution >= 4 is 33.3 Å². The Kier molecular flexibility index (Phi) is 6.65. The van der Waals surface area contributed by atoms with Crippen molar-refractivity contribution in [1.82, 2.24) is 35.0 Å². The van der Waals surface area contributed by atoms with Gasteiger partial charge in [-0.1, -0.05) is 26.3 Å². The van der Waals surface area contributed by atoms with Gasteiger partial charge in [-0.25, -0.2) is 4.98 Å². The van der Waals surface area contributed by atoms with Crippen molar-refractivity contribution in [3.63, 3.8) is 0 Å². The van der Waals surface area contributed by atoms with Crippen LogP contribution in [0.3, 0.4) is 0 Å². The molecular formula is C32H33N7S. The summed E-state index contributed by atoms with van der Waals surface area (Å²) in [6.45, 7) is 7.82. The fourth-order valence-corrected chi connectivity index (χ4v) is 6.82. The molecule has 8 heteroatoms. The molecule has 7 nitrogen and oxygen atoms in total. The van der Waals surface area contributed by atoms with Gasteiger partial charge in [0.05, 0.1) is 17.2 Å². The van der Waals surface area contributed by atoms with Crippen molar-refractivity contribution in [3.8, 4) is 33.1 Å². The summed E-state index contributed by atoms with van der Waals surface area (Å²) in [6.07, 6.45) is 12.8. The van der Waals surface area contributed by atoms with Gasteiger partial charge in [0.2, 0.25) is 0 Å². The first kappa shape index (κ1) is 25.1. The van der Waals surface area contributed by atoms with Crippen molar-refractivity contribution < 1.29 is 0 Å². The molecule has 0 saturated carbocycles. The second kappa shape index (κ2) is 10.6. The summed E-state index contributed by atoms with van der Waals surface area (Å²) in [5.74, 6) is 1.29. The molecule has 7 rings (SSSR count). The van der Waals surface area contributed by atoms with Crippen LogP contribution in [0.25, 0.3) is 55.0 Å². The molecule has 0 radical (unpaired) electrons. The summed E-state index contributed by atoms with van der Waals surface area (Å²) < 4.78 is 0. The molecule has 1 atom stereocenters. The van der Waals surface area contributed by atoms with E-state index in [1.807, 2.05) is 36.1 Å². The molecule has 0 aliphatic carbocycles. The molecule has 1 unspecified atom stereocenters. The monoisotopic (exact) mass is 547 g/mol. The van der Waals surface area contributed by atoms with Crippen molar-refractivity contribution in [2.45, 2.75) is 52.0 Å². The van der Waals surface area contributed by atoms with Gasteiger partial charge < -0.3 is 4.98 Å². The largest absolute Gasteiger partial charge is 0.335 e.